The first-order chi connectivity index (χ1) is 6.06. The Kier molecular flexibility index (Phi) is 7.09. The molecule has 0 aliphatic carbocycles. The highest BCUT2D eigenvalue weighted by atomic mass is 19.3. The summed E-state index contributed by atoms with van der Waals surface area (Å²) in [7, 11) is 0. The molecule has 0 aliphatic rings. The van der Waals surface area contributed by atoms with Gasteiger partial charge in [-0.3, -0.25) is 0 Å². The van der Waals surface area contributed by atoms with Crippen LogP contribution in [0.2, 0.25) is 0 Å². The van der Waals surface area contributed by atoms with Crippen LogP contribution in [-0.2, 0) is 4.74 Å². The minimum atomic E-state index is -2.36. The van der Waals surface area contributed by atoms with Crippen LogP contribution < -0.4 is 5.32 Å². The van der Waals surface area contributed by atoms with Crippen molar-refractivity contribution in [1.82, 2.24) is 5.32 Å². The summed E-state index contributed by atoms with van der Waals surface area (Å²) in [5.41, 5.74) is 0. The molecule has 13 heavy (non-hydrogen) atoms. The van der Waals surface area contributed by atoms with E-state index in [9.17, 15) is 8.78 Å². The van der Waals surface area contributed by atoms with Crippen molar-refractivity contribution >= 4 is 0 Å². The van der Waals surface area contributed by atoms with Crippen LogP contribution in [0.25, 0.3) is 0 Å². The molecule has 0 bridgehead atoms. The second-order valence-corrected chi connectivity index (χ2v) is 3.23. The van der Waals surface area contributed by atoms with Crippen molar-refractivity contribution in [2.75, 3.05) is 13.2 Å². The predicted molar refractivity (Wildman–Crippen MR) is 49.2 cm³/mol. The molecule has 0 saturated heterocycles. The van der Waals surface area contributed by atoms with E-state index in [1.54, 1.807) is 0 Å². The maximum absolute atomic E-state index is 11.7. The van der Waals surface area contributed by atoms with Crippen molar-refractivity contribution in [2.24, 2.45) is 0 Å². The van der Waals surface area contributed by atoms with Gasteiger partial charge in [-0.25, -0.2) is 8.78 Å². The molecule has 0 saturated carbocycles. The summed E-state index contributed by atoms with van der Waals surface area (Å²) in [5.74, 6) is 0. The van der Waals surface area contributed by atoms with Crippen LogP contribution in [0, 0.1) is 0 Å². The molecular formula is C9H19F2NO. The standard InChI is InChI=1S/C9H19F2NO/c1-4-12-7(2)5-8(3)13-6-9(10)11/h7-9,12H,4-6H2,1-3H3. The Balaban J connectivity index is 3.43. The lowest BCUT2D eigenvalue weighted by atomic mass is 10.1. The summed E-state index contributed by atoms with van der Waals surface area (Å²) in [6, 6.07) is 0.317. The van der Waals surface area contributed by atoms with Gasteiger partial charge in [0.1, 0.15) is 6.61 Å². The Bertz CT molecular complexity index is 122. The Morgan fingerprint density at radius 1 is 1.31 bits per heavy atom. The molecule has 0 heterocycles. The first-order valence-corrected chi connectivity index (χ1v) is 4.69. The minimum absolute atomic E-state index is 0.108. The fourth-order valence-corrected chi connectivity index (χ4v) is 1.23. The number of hydrogen-bond acceptors (Lipinski definition) is 2. The SMILES string of the molecule is CCNC(C)CC(C)OCC(F)F. The summed E-state index contributed by atoms with van der Waals surface area (Å²) in [4.78, 5) is 0. The fraction of sp³-hybridized carbons (Fsp3) is 1.00. The number of halogens is 2. The van der Waals surface area contributed by atoms with E-state index < -0.39 is 13.0 Å². The summed E-state index contributed by atoms with van der Waals surface area (Å²) < 4.78 is 28.4. The van der Waals surface area contributed by atoms with E-state index in [2.05, 4.69) is 5.32 Å². The van der Waals surface area contributed by atoms with Crippen molar-refractivity contribution < 1.29 is 13.5 Å². The third-order valence-corrected chi connectivity index (χ3v) is 1.74. The van der Waals surface area contributed by atoms with Gasteiger partial charge in [-0.1, -0.05) is 6.92 Å². The lowest BCUT2D eigenvalue weighted by Gasteiger charge is -2.18. The molecule has 0 fully saturated rings. The summed E-state index contributed by atoms with van der Waals surface area (Å²) in [6.07, 6.45) is -1.71. The average Bonchev–Trinajstić information content (AvgIpc) is 2.01. The van der Waals surface area contributed by atoms with Crippen LogP contribution in [0.15, 0.2) is 0 Å². The van der Waals surface area contributed by atoms with E-state index in [1.807, 2.05) is 20.8 Å². The van der Waals surface area contributed by atoms with Crippen LogP contribution in [0.5, 0.6) is 0 Å². The van der Waals surface area contributed by atoms with E-state index in [-0.39, 0.29) is 6.10 Å². The van der Waals surface area contributed by atoms with Gasteiger partial charge in [0.15, 0.2) is 0 Å². The summed E-state index contributed by atoms with van der Waals surface area (Å²) in [6.45, 7) is 6.28. The highest BCUT2D eigenvalue weighted by Crippen LogP contribution is 2.04. The summed E-state index contributed by atoms with van der Waals surface area (Å²) >= 11 is 0. The van der Waals surface area contributed by atoms with Gasteiger partial charge in [-0.05, 0) is 26.8 Å². The lowest BCUT2D eigenvalue weighted by Crippen LogP contribution is -2.30. The maximum Gasteiger partial charge on any atom is 0.261 e. The van der Waals surface area contributed by atoms with Crippen molar-refractivity contribution in [1.29, 1.82) is 0 Å². The number of rotatable bonds is 7. The molecule has 0 aromatic carbocycles. The molecule has 0 aliphatic heterocycles. The van der Waals surface area contributed by atoms with Crippen LogP contribution >= 0.6 is 0 Å². The van der Waals surface area contributed by atoms with Crippen LogP contribution in [0.1, 0.15) is 27.2 Å². The van der Waals surface area contributed by atoms with E-state index in [4.69, 9.17) is 4.74 Å². The fourth-order valence-electron chi connectivity index (χ4n) is 1.23. The van der Waals surface area contributed by atoms with E-state index in [0.717, 1.165) is 13.0 Å². The highest BCUT2D eigenvalue weighted by molar-refractivity contribution is 4.63. The molecule has 4 heteroatoms. The zero-order chi connectivity index (χ0) is 10.3. The molecule has 2 nitrogen and oxygen atoms in total. The Morgan fingerprint density at radius 2 is 1.92 bits per heavy atom. The van der Waals surface area contributed by atoms with Crippen molar-refractivity contribution in [3.8, 4) is 0 Å². The van der Waals surface area contributed by atoms with Crippen molar-refractivity contribution in [3.05, 3.63) is 0 Å². The van der Waals surface area contributed by atoms with Gasteiger partial charge in [0.2, 0.25) is 0 Å². The first kappa shape index (κ1) is 12.8. The quantitative estimate of drug-likeness (QED) is 0.671. The number of ether oxygens (including phenoxy) is 1. The molecular weight excluding hydrogens is 176 g/mol. The second-order valence-electron chi connectivity index (χ2n) is 3.23. The molecule has 2 atom stereocenters. The molecule has 1 N–H and O–H groups in total. The molecule has 80 valence electrons. The second kappa shape index (κ2) is 7.21. The minimum Gasteiger partial charge on any atom is -0.373 e. The topological polar surface area (TPSA) is 21.3 Å². The van der Waals surface area contributed by atoms with Gasteiger partial charge in [0, 0.05) is 6.04 Å². The maximum atomic E-state index is 11.7. The third kappa shape index (κ3) is 8.12. The highest BCUT2D eigenvalue weighted by Gasteiger charge is 2.10. The molecule has 0 radical (unpaired) electrons. The van der Waals surface area contributed by atoms with Crippen molar-refractivity contribution in [2.45, 2.75) is 45.8 Å². The molecule has 0 aromatic rings. The molecule has 0 rings (SSSR count). The molecule has 0 amide bonds. The largest absolute Gasteiger partial charge is 0.373 e. The Hall–Kier alpha value is -0.220. The zero-order valence-corrected chi connectivity index (χ0v) is 8.52. The van der Waals surface area contributed by atoms with Crippen LogP contribution in [-0.4, -0.2) is 31.7 Å². The average molecular weight is 195 g/mol. The monoisotopic (exact) mass is 195 g/mol. The number of hydrogen-bond donors (Lipinski definition) is 1. The van der Waals surface area contributed by atoms with Gasteiger partial charge in [-0.2, -0.15) is 0 Å². The number of nitrogens with one attached hydrogen (secondary N) is 1. The first-order valence-electron chi connectivity index (χ1n) is 4.69. The predicted octanol–water partition coefficient (Wildman–Crippen LogP) is 2.04. The van der Waals surface area contributed by atoms with E-state index in [0.29, 0.717) is 6.04 Å². The van der Waals surface area contributed by atoms with Crippen LogP contribution in [0.3, 0.4) is 0 Å². The van der Waals surface area contributed by atoms with Gasteiger partial charge >= 0.3 is 0 Å². The zero-order valence-electron chi connectivity index (χ0n) is 8.52. The van der Waals surface area contributed by atoms with E-state index in [1.165, 1.54) is 0 Å². The van der Waals surface area contributed by atoms with Gasteiger partial charge in [0.05, 0.1) is 6.10 Å². The Labute approximate surface area is 78.7 Å². The van der Waals surface area contributed by atoms with Crippen LogP contribution in [0.4, 0.5) is 8.78 Å². The summed E-state index contributed by atoms with van der Waals surface area (Å²) in [5, 5.41) is 3.20. The van der Waals surface area contributed by atoms with E-state index >= 15 is 0 Å². The smallest absolute Gasteiger partial charge is 0.261 e. The molecule has 0 spiro atoms. The molecule has 0 aromatic heterocycles. The lowest BCUT2D eigenvalue weighted by molar-refractivity contribution is -0.0223. The Morgan fingerprint density at radius 3 is 2.38 bits per heavy atom. The van der Waals surface area contributed by atoms with Gasteiger partial charge in [-0.15, -0.1) is 0 Å². The molecule has 2 unspecified atom stereocenters. The van der Waals surface area contributed by atoms with Crippen molar-refractivity contribution in [3.63, 3.8) is 0 Å². The third-order valence-electron chi connectivity index (χ3n) is 1.74. The van der Waals surface area contributed by atoms with Gasteiger partial charge < -0.3 is 10.1 Å². The number of alkyl halides is 2. The normalized spacial score (nSPS) is 16.2. The van der Waals surface area contributed by atoms with Gasteiger partial charge in [0.25, 0.3) is 6.43 Å².